The molecule has 9 heteroatoms. The first-order chi connectivity index (χ1) is 17.8. The topological polar surface area (TPSA) is 100 Å². The summed E-state index contributed by atoms with van der Waals surface area (Å²) in [6.07, 6.45) is 3.54. The normalized spacial score (nSPS) is 14.8. The lowest BCUT2D eigenvalue weighted by molar-refractivity contribution is 0.0273. The molecule has 1 fully saturated rings. The van der Waals surface area contributed by atoms with Gasteiger partial charge in [0, 0.05) is 69.3 Å². The monoisotopic (exact) mass is 505 g/mol. The third kappa shape index (κ3) is 5.95. The Morgan fingerprint density at radius 1 is 1.32 bits per heavy atom. The maximum absolute atomic E-state index is 13.5. The van der Waals surface area contributed by atoms with Gasteiger partial charge in [0.1, 0.15) is 11.9 Å². The molecule has 0 amide bonds. The van der Waals surface area contributed by atoms with Crippen LogP contribution in [0.3, 0.4) is 0 Å². The molecule has 0 aromatic carbocycles. The average Bonchev–Trinajstić information content (AvgIpc) is 3.31. The predicted molar refractivity (Wildman–Crippen MR) is 150 cm³/mol. The number of piperazine rings is 1. The van der Waals surface area contributed by atoms with Crippen molar-refractivity contribution in [1.82, 2.24) is 29.8 Å². The highest BCUT2D eigenvalue weighted by molar-refractivity contribution is 5.96. The lowest BCUT2D eigenvalue weighted by Gasteiger charge is -2.32. The van der Waals surface area contributed by atoms with Crippen LogP contribution in [0.15, 0.2) is 43.2 Å². The fraction of sp³-hybridized carbons (Fsp3) is 0.429. The van der Waals surface area contributed by atoms with Gasteiger partial charge in [-0.2, -0.15) is 0 Å². The predicted octanol–water partition coefficient (Wildman–Crippen LogP) is 2.46. The molecule has 3 aromatic heterocycles. The first kappa shape index (κ1) is 26.7. The molecule has 0 spiro atoms. The fourth-order valence-electron chi connectivity index (χ4n) is 4.92. The van der Waals surface area contributed by atoms with E-state index in [-0.39, 0.29) is 12.1 Å². The van der Waals surface area contributed by atoms with Crippen molar-refractivity contribution in [2.24, 2.45) is 0 Å². The first-order valence-corrected chi connectivity index (χ1v) is 12.9. The number of nitrogen functional groups attached to an aromatic ring is 1. The van der Waals surface area contributed by atoms with Crippen LogP contribution in [0.2, 0.25) is 0 Å². The van der Waals surface area contributed by atoms with E-state index in [1.807, 2.05) is 52.3 Å². The summed E-state index contributed by atoms with van der Waals surface area (Å²) in [6, 6.07) is 7.71. The fourth-order valence-corrected chi connectivity index (χ4v) is 4.92. The van der Waals surface area contributed by atoms with Crippen LogP contribution < -0.4 is 16.4 Å². The lowest BCUT2D eigenvalue weighted by Crippen LogP contribution is -2.42. The summed E-state index contributed by atoms with van der Waals surface area (Å²) in [7, 11) is 3.96. The van der Waals surface area contributed by atoms with E-state index in [1.165, 1.54) is 0 Å². The molecule has 1 unspecified atom stereocenters. The van der Waals surface area contributed by atoms with E-state index in [0.29, 0.717) is 17.9 Å². The maximum atomic E-state index is 13.5. The Morgan fingerprint density at radius 2 is 2.08 bits per heavy atom. The summed E-state index contributed by atoms with van der Waals surface area (Å²) in [5, 5.41) is 6.54. The zero-order valence-corrected chi connectivity index (χ0v) is 22.4. The molecule has 4 N–H and O–H groups in total. The van der Waals surface area contributed by atoms with Crippen LogP contribution in [0.25, 0.3) is 22.3 Å². The van der Waals surface area contributed by atoms with Gasteiger partial charge in [-0.1, -0.05) is 6.58 Å². The van der Waals surface area contributed by atoms with E-state index in [2.05, 4.69) is 36.4 Å². The van der Waals surface area contributed by atoms with E-state index in [0.717, 1.165) is 72.9 Å². The van der Waals surface area contributed by atoms with E-state index >= 15 is 0 Å². The van der Waals surface area contributed by atoms with Crippen LogP contribution in [0, 0.1) is 6.92 Å². The second kappa shape index (κ2) is 11.8. The van der Waals surface area contributed by atoms with Gasteiger partial charge < -0.3 is 35.3 Å². The standard InChI is InChI=1S/C28H39N7O2/c1-19(18-33(5)13-9-30-4)37-28(36)24-16-25-23(22-6-7-26(29)32-17-22)8-12-35(25)27(20(24)2)21(3)34-14-10-31-11-15-34/h6-8,12,16-17,19,30-31H,3,9-11,13-15,18H2,1-2,4-5H3,(H2,29,32). The summed E-state index contributed by atoms with van der Waals surface area (Å²) < 4.78 is 8.06. The average molecular weight is 506 g/mol. The van der Waals surface area contributed by atoms with Crippen LogP contribution in [0.5, 0.6) is 0 Å². The van der Waals surface area contributed by atoms with Gasteiger partial charge in [0.25, 0.3) is 0 Å². The molecular formula is C28H39N7O2. The number of carbonyl (C=O) groups excluding carboxylic acids is 1. The Balaban J connectivity index is 1.74. The number of nitrogens with zero attached hydrogens (tertiary/aromatic N) is 4. The molecule has 0 aliphatic carbocycles. The molecule has 9 nitrogen and oxygen atoms in total. The second-order valence-corrected chi connectivity index (χ2v) is 9.75. The zero-order valence-electron chi connectivity index (χ0n) is 22.4. The van der Waals surface area contributed by atoms with Crippen molar-refractivity contribution in [3.05, 3.63) is 60.1 Å². The number of carbonyl (C=O) groups is 1. The Labute approximate surface area is 219 Å². The number of fused-ring (bicyclic) bond motifs is 1. The highest BCUT2D eigenvalue weighted by atomic mass is 16.5. The molecule has 0 saturated carbocycles. The van der Waals surface area contributed by atoms with Crippen molar-refractivity contribution in [3.8, 4) is 11.1 Å². The Hall–Kier alpha value is -3.40. The number of rotatable bonds is 10. The summed E-state index contributed by atoms with van der Waals surface area (Å²) in [5.41, 5.74) is 11.8. The van der Waals surface area contributed by atoms with Crippen LogP contribution >= 0.6 is 0 Å². The minimum absolute atomic E-state index is 0.252. The van der Waals surface area contributed by atoms with Gasteiger partial charge in [0.2, 0.25) is 0 Å². The van der Waals surface area contributed by atoms with Crippen LogP contribution in [-0.2, 0) is 4.74 Å². The molecule has 1 atom stereocenters. The lowest BCUT2D eigenvalue weighted by atomic mass is 10.0. The van der Waals surface area contributed by atoms with Crippen molar-refractivity contribution >= 4 is 23.0 Å². The van der Waals surface area contributed by atoms with E-state index in [1.54, 1.807) is 12.3 Å². The molecule has 198 valence electrons. The first-order valence-electron chi connectivity index (χ1n) is 12.9. The molecule has 4 heterocycles. The number of ether oxygens (including phenoxy) is 1. The minimum atomic E-state index is -0.327. The van der Waals surface area contributed by atoms with Crippen molar-refractivity contribution in [2.45, 2.75) is 20.0 Å². The molecule has 1 aliphatic rings. The quantitative estimate of drug-likeness (QED) is 0.362. The van der Waals surface area contributed by atoms with E-state index in [4.69, 9.17) is 10.5 Å². The Kier molecular flexibility index (Phi) is 8.48. The summed E-state index contributed by atoms with van der Waals surface area (Å²) in [4.78, 5) is 22.2. The summed E-state index contributed by atoms with van der Waals surface area (Å²) in [5.74, 6) is 0.139. The molecule has 0 bridgehead atoms. The maximum Gasteiger partial charge on any atom is 0.338 e. The number of hydrogen-bond donors (Lipinski definition) is 3. The number of hydrogen-bond acceptors (Lipinski definition) is 8. The van der Waals surface area contributed by atoms with Gasteiger partial charge in [-0.05, 0) is 57.8 Å². The molecule has 1 aliphatic heterocycles. The molecular weight excluding hydrogens is 466 g/mol. The second-order valence-electron chi connectivity index (χ2n) is 9.75. The molecule has 37 heavy (non-hydrogen) atoms. The molecule has 0 radical (unpaired) electrons. The number of esters is 1. The Bertz CT molecular complexity index is 1250. The van der Waals surface area contributed by atoms with E-state index < -0.39 is 0 Å². The zero-order chi connectivity index (χ0) is 26.5. The van der Waals surface area contributed by atoms with Gasteiger partial charge in [-0.15, -0.1) is 0 Å². The van der Waals surface area contributed by atoms with Crippen LogP contribution in [-0.4, -0.2) is 91.2 Å². The van der Waals surface area contributed by atoms with Crippen LogP contribution in [0.1, 0.15) is 28.5 Å². The van der Waals surface area contributed by atoms with Crippen molar-refractivity contribution < 1.29 is 9.53 Å². The Morgan fingerprint density at radius 3 is 2.76 bits per heavy atom. The number of anilines is 1. The van der Waals surface area contributed by atoms with Crippen molar-refractivity contribution in [1.29, 1.82) is 0 Å². The SMILES string of the molecule is C=C(c1c(C)c(C(=O)OC(C)CN(C)CCNC)cc2c(-c3ccc(N)nc3)ccn12)N1CCNCC1. The third-order valence-corrected chi connectivity index (χ3v) is 6.92. The number of aromatic nitrogens is 2. The molecule has 1 saturated heterocycles. The van der Waals surface area contributed by atoms with Gasteiger partial charge in [-0.25, -0.2) is 9.78 Å². The number of nitrogens with one attached hydrogen (secondary N) is 2. The third-order valence-electron chi connectivity index (χ3n) is 6.92. The smallest absolute Gasteiger partial charge is 0.338 e. The summed E-state index contributed by atoms with van der Waals surface area (Å²) in [6.45, 7) is 14.3. The summed E-state index contributed by atoms with van der Waals surface area (Å²) >= 11 is 0. The molecule has 3 aromatic rings. The number of likely N-dealkylation sites (N-methyl/N-ethyl adjacent to an activating group) is 2. The number of pyridine rings is 2. The van der Waals surface area contributed by atoms with Crippen molar-refractivity contribution in [2.75, 3.05) is 65.6 Å². The molecule has 4 rings (SSSR count). The largest absolute Gasteiger partial charge is 0.458 e. The highest BCUT2D eigenvalue weighted by Crippen LogP contribution is 2.33. The van der Waals surface area contributed by atoms with Gasteiger partial charge in [0.05, 0.1) is 22.5 Å². The number of nitrogens with two attached hydrogens (primary N) is 1. The van der Waals surface area contributed by atoms with E-state index in [9.17, 15) is 4.79 Å². The van der Waals surface area contributed by atoms with Crippen LogP contribution in [0.4, 0.5) is 5.82 Å². The van der Waals surface area contributed by atoms with Crippen molar-refractivity contribution in [3.63, 3.8) is 0 Å². The van der Waals surface area contributed by atoms with Gasteiger partial charge >= 0.3 is 5.97 Å². The van der Waals surface area contributed by atoms with Gasteiger partial charge in [-0.3, -0.25) is 0 Å². The minimum Gasteiger partial charge on any atom is -0.458 e. The highest BCUT2D eigenvalue weighted by Gasteiger charge is 2.24. The van der Waals surface area contributed by atoms with Gasteiger partial charge in [0.15, 0.2) is 0 Å².